The topological polar surface area (TPSA) is 122 Å². The largest absolute Gasteiger partial charge is 0.444 e. The first-order valence-corrected chi connectivity index (χ1v) is 12.7. The van der Waals surface area contributed by atoms with Crippen molar-refractivity contribution in [1.82, 2.24) is 9.80 Å². The number of benzene rings is 2. The zero-order valence-corrected chi connectivity index (χ0v) is 22.1. The highest BCUT2D eigenvalue weighted by Gasteiger charge is 2.31. The maximum atomic E-state index is 13.0. The number of ether oxygens (including phenoxy) is 1. The average molecular weight is 519 g/mol. The molecule has 4 amide bonds. The lowest BCUT2D eigenvalue weighted by molar-refractivity contribution is -0.121. The Balaban J connectivity index is 1.42. The van der Waals surface area contributed by atoms with E-state index in [9.17, 15) is 19.2 Å². The van der Waals surface area contributed by atoms with Crippen LogP contribution in [0, 0.1) is 5.92 Å². The molecule has 2 aromatic rings. The SMILES string of the molecule is C=C(CN1Cc2c(cccc2-c2cccc(NC(=O)C3CCN(C(=O)OC(C)(C)C)CC3)c2)C1=O)C(N)=O. The van der Waals surface area contributed by atoms with Crippen molar-refractivity contribution in [3.63, 3.8) is 0 Å². The number of carbonyl (C=O) groups excluding carboxylic acids is 4. The van der Waals surface area contributed by atoms with Crippen molar-refractivity contribution in [1.29, 1.82) is 0 Å². The quantitative estimate of drug-likeness (QED) is 0.561. The van der Waals surface area contributed by atoms with E-state index < -0.39 is 11.5 Å². The van der Waals surface area contributed by atoms with Crippen LogP contribution in [-0.2, 0) is 20.9 Å². The van der Waals surface area contributed by atoms with Crippen LogP contribution in [0.25, 0.3) is 11.1 Å². The summed E-state index contributed by atoms with van der Waals surface area (Å²) in [4.78, 5) is 52.8. The number of hydrogen-bond donors (Lipinski definition) is 2. The Hall–Kier alpha value is -4.14. The van der Waals surface area contributed by atoms with Crippen LogP contribution < -0.4 is 11.1 Å². The van der Waals surface area contributed by atoms with Crippen molar-refractivity contribution in [3.8, 4) is 11.1 Å². The van der Waals surface area contributed by atoms with Gasteiger partial charge < -0.3 is 25.6 Å². The Morgan fingerprint density at radius 2 is 1.74 bits per heavy atom. The fraction of sp³-hybridized carbons (Fsp3) is 0.379. The van der Waals surface area contributed by atoms with Crippen LogP contribution in [0.15, 0.2) is 54.6 Å². The first kappa shape index (κ1) is 26.9. The molecule has 0 bridgehead atoms. The Morgan fingerprint density at radius 3 is 2.39 bits per heavy atom. The number of rotatable bonds is 6. The van der Waals surface area contributed by atoms with Gasteiger partial charge in [0.15, 0.2) is 0 Å². The summed E-state index contributed by atoms with van der Waals surface area (Å²) >= 11 is 0. The smallest absolute Gasteiger partial charge is 0.410 e. The lowest BCUT2D eigenvalue weighted by Crippen LogP contribution is -2.43. The predicted molar refractivity (Wildman–Crippen MR) is 144 cm³/mol. The van der Waals surface area contributed by atoms with Gasteiger partial charge in [0.25, 0.3) is 5.91 Å². The van der Waals surface area contributed by atoms with E-state index in [1.165, 1.54) is 0 Å². The molecule has 1 fully saturated rings. The van der Waals surface area contributed by atoms with Crippen LogP contribution in [0.3, 0.4) is 0 Å². The van der Waals surface area contributed by atoms with E-state index in [-0.39, 0.29) is 35.9 Å². The van der Waals surface area contributed by atoms with Gasteiger partial charge in [0.2, 0.25) is 11.8 Å². The molecular weight excluding hydrogens is 484 g/mol. The summed E-state index contributed by atoms with van der Waals surface area (Å²) in [5, 5.41) is 3.01. The fourth-order valence-electron chi connectivity index (χ4n) is 4.76. The molecule has 38 heavy (non-hydrogen) atoms. The first-order chi connectivity index (χ1) is 17.9. The number of nitrogens with zero attached hydrogens (tertiary/aromatic N) is 2. The summed E-state index contributed by atoms with van der Waals surface area (Å²) in [6, 6.07) is 13.0. The number of likely N-dealkylation sites (tertiary alicyclic amines) is 1. The van der Waals surface area contributed by atoms with Crippen LogP contribution in [0.1, 0.15) is 49.5 Å². The van der Waals surface area contributed by atoms with Gasteiger partial charge in [-0.3, -0.25) is 14.4 Å². The van der Waals surface area contributed by atoms with Crippen molar-refractivity contribution in [2.24, 2.45) is 11.7 Å². The number of amides is 4. The lowest BCUT2D eigenvalue weighted by Gasteiger charge is -2.32. The van der Waals surface area contributed by atoms with Gasteiger partial charge in [0.05, 0.1) is 6.54 Å². The standard InChI is InChI=1S/C29H34N4O5/c1-18(25(30)34)16-33-17-24-22(9-6-10-23(24)27(33)36)20-7-5-8-21(15-20)31-26(35)19-11-13-32(14-12-19)28(37)38-29(2,3)4/h5-10,15,19H,1,11-14,16-17H2,2-4H3,(H2,30,34)(H,31,35). The molecule has 0 atom stereocenters. The van der Waals surface area contributed by atoms with Gasteiger partial charge >= 0.3 is 6.09 Å². The minimum atomic E-state index is -0.632. The number of fused-ring (bicyclic) bond motifs is 1. The number of nitrogens with one attached hydrogen (secondary N) is 1. The molecule has 0 spiro atoms. The molecule has 4 rings (SSSR count). The highest BCUT2D eigenvalue weighted by atomic mass is 16.6. The number of piperidine rings is 1. The predicted octanol–water partition coefficient (Wildman–Crippen LogP) is 3.94. The lowest BCUT2D eigenvalue weighted by atomic mass is 9.95. The van der Waals surface area contributed by atoms with E-state index >= 15 is 0 Å². The summed E-state index contributed by atoms with van der Waals surface area (Å²) in [6.07, 6.45) is 0.771. The van der Waals surface area contributed by atoms with E-state index in [0.717, 1.165) is 16.7 Å². The summed E-state index contributed by atoms with van der Waals surface area (Å²) in [5.74, 6) is -1.10. The number of carbonyl (C=O) groups is 4. The third kappa shape index (κ3) is 6.04. The minimum absolute atomic E-state index is 0.0745. The second-order valence-corrected chi connectivity index (χ2v) is 10.8. The molecule has 200 valence electrons. The van der Waals surface area contributed by atoms with Crippen molar-refractivity contribution >= 4 is 29.5 Å². The second-order valence-electron chi connectivity index (χ2n) is 10.8. The third-order valence-corrected chi connectivity index (χ3v) is 6.73. The van der Waals surface area contributed by atoms with E-state index in [4.69, 9.17) is 10.5 Å². The molecule has 0 saturated carbocycles. The van der Waals surface area contributed by atoms with Gasteiger partial charge in [-0.25, -0.2) is 4.79 Å². The monoisotopic (exact) mass is 518 g/mol. The molecule has 1 saturated heterocycles. The maximum absolute atomic E-state index is 13.0. The van der Waals surface area contributed by atoms with Crippen molar-refractivity contribution in [3.05, 3.63) is 65.7 Å². The van der Waals surface area contributed by atoms with E-state index in [0.29, 0.717) is 43.7 Å². The number of hydrogen-bond acceptors (Lipinski definition) is 5. The summed E-state index contributed by atoms with van der Waals surface area (Å²) in [6.45, 7) is 10.5. The molecule has 0 aromatic heterocycles. The van der Waals surface area contributed by atoms with Crippen LogP contribution in [0.5, 0.6) is 0 Å². The molecule has 9 heteroatoms. The van der Waals surface area contributed by atoms with Crippen LogP contribution in [0.4, 0.5) is 10.5 Å². The zero-order valence-electron chi connectivity index (χ0n) is 22.1. The fourth-order valence-corrected chi connectivity index (χ4v) is 4.76. The van der Waals surface area contributed by atoms with Crippen molar-refractivity contribution in [2.75, 3.05) is 25.0 Å². The first-order valence-electron chi connectivity index (χ1n) is 12.7. The summed E-state index contributed by atoms with van der Waals surface area (Å²) in [5.41, 5.74) is 8.75. The summed E-state index contributed by atoms with van der Waals surface area (Å²) in [7, 11) is 0. The van der Waals surface area contributed by atoms with Crippen molar-refractivity contribution in [2.45, 2.75) is 45.8 Å². The Kier molecular flexibility index (Phi) is 7.57. The molecule has 2 aromatic carbocycles. The van der Waals surface area contributed by atoms with Gasteiger partial charge in [-0.2, -0.15) is 0 Å². The summed E-state index contributed by atoms with van der Waals surface area (Å²) < 4.78 is 5.44. The Morgan fingerprint density at radius 1 is 1.08 bits per heavy atom. The van der Waals surface area contributed by atoms with Crippen LogP contribution in [0.2, 0.25) is 0 Å². The van der Waals surface area contributed by atoms with Gasteiger partial charge in [-0.1, -0.05) is 30.8 Å². The third-order valence-electron chi connectivity index (χ3n) is 6.73. The zero-order chi connectivity index (χ0) is 27.6. The molecule has 9 nitrogen and oxygen atoms in total. The Bertz CT molecular complexity index is 1290. The van der Waals surface area contributed by atoms with Gasteiger partial charge in [0, 0.05) is 42.4 Å². The van der Waals surface area contributed by atoms with E-state index in [1.54, 1.807) is 15.9 Å². The molecule has 3 N–H and O–H groups in total. The van der Waals surface area contributed by atoms with E-state index in [1.807, 2.05) is 57.2 Å². The number of anilines is 1. The van der Waals surface area contributed by atoms with Gasteiger partial charge in [0.1, 0.15) is 5.60 Å². The number of primary amides is 1. The molecule has 0 unspecified atom stereocenters. The highest BCUT2D eigenvalue weighted by Crippen LogP contribution is 2.34. The highest BCUT2D eigenvalue weighted by molar-refractivity contribution is 6.02. The molecule has 2 aliphatic heterocycles. The number of nitrogens with two attached hydrogens (primary N) is 1. The van der Waals surface area contributed by atoms with Gasteiger partial charge in [-0.15, -0.1) is 0 Å². The molecule has 2 aliphatic rings. The average Bonchev–Trinajstić information content (AvgIpc) is 3.18. The minimum Gasteiger partial charge on any atom is -0.444 e. The molecular formula is C29H34N4O5. The molecule has 0 radical (unpaired) electrons. The second kappa shape index (κ2) is 10.7. The van der Waals surface area contributed by atoms with Crippen molar-refractivity contribution < 1.29 is 23.9 Å². The van der Waals surface area contributed by atoms with Crippen LogP contribution in [-0.4, -0.2) is 58.8 Å². The molecule has 0 aliphatic carbocycles. The van der Waals surface area contributed by atoms with E-state index in [2.05, 4.69) is 11.9 Å². The normalized spacial score (nSPS) is 15.7. The Labute approximate surface area is 222 Å². The maximum Gasteiger partial charge on any atom is 0.410 e. The van der Waals surface area contributed by atoms with Crippen LogP contribution >= 0.6 is 0 Å². The molecule has 2 heterocycles. The van der Waals surface area contributed by atoms with Gasteiger partial charge in [-0.05, 0) is 68.5 Å².